The van der Waals surface area contributed by atoms with Gasteiger partial charge in [-0.05, 0) is 60.7 Å². The SMILES string of the molecule is CC(C)COc1ccc(C(=O)NNC(=O)C(C)Oc2ccc(C(C)C)cc2)cc1. The second-order valence-electron chi connectivity index (χ2n) is 7.66. The Morgan fingerprint density at radius 3 is 1.97 bits per heavy atom. The summed E-state index contributed by atoms with van der Waals surface area (Å²) in [5.74, 6) is 1.29. The molecule has 0 bridgehead atoms. The molecule has 0 aliphatic rings. The number of amides is 2. The number of carbonyl (C=O) groups is 2. The van der Waals surface area contributed by atoms with E-state index < -0.39 is 17.9 Å². The summed E-state index contributed by atoms with van der Waals surface area (Å²) in [5, 5.41) is 0. The number of rotatable bonds is 8. The van der Waals surface area contributed by atoms with Gasteiger partial charge in [0.05, 0.1) is 6.61 Å². The maximum atomic E-state index is 12.2. The largest absolute Gasteiger partial charge is 0.493 e. The van der Waals surface area contributed by atoms with Crippen LogP contribution in [-0.4, -0.2) is 24.5 Å². The minimum absolute atomic E-state index is 0.415. The van der Waals surface area contributed by atoms with E-state index in [1.54, 1.807) is 31.2 Å². The van der Waals surface area contributed by atoms with Gasteiger partial charge in [0.15, 0.2) is 6.10 Å². The van der Waals surface area contributed by atoms with Crippen molar-refractivity contribution in [2.45, 2.75) is 46.6 Å². The molecule has 0 aliphatic heterocycles. The van der Waals surface area contributed by atoms with E-state index in [2.05, 4.69) is 38.5 Å². The zero-order chi connectivity index (χ0) is 21.4. The summed E-state index contributed by atoms with van der Waals surface area (Å²) in [5.41, 5.74) is 6.40. The van der Waals surface area contributed by atoms with E-state index in [1.165, 1.54) is 5.56 Å². The maximum Gasteiger partial charge on any atom is 0.279 e. The third kappa shape index (κ3) is 7.14. The van der Waals surface area contributed by atoms with Gasteiger partial charge < -0.3 is 9.47 Å². The van der Waals surface area contributed by atoms with Crippen molar-refractivity contribution in [1.82, 2.24) is 10.9 Å². The van der Waals surface area contributed by atoms with Crippen LogP contribution >= 0.6 is 0 Å². The van der Waals surface area contributed by atoms with Crippen LogP contribution in [0.2, 0.25) is 0 Å². The van der Waals surface area contributed by atoms with Gasteiger partial charge in [-0.2, -0.15) is 0 Å². The van der Waals surface area contributed by atoms with Crippen LogP contribution in [0.25, 0.3) is 0 Å². The molecule has 156 valence electrons. The molecule has 0 saturated carbocycles. The van der Waals surface area contributed by atoms with Gasteiger partial charge in [-0.3, -0.25) is 20.4 Å². The topological polar surface area (TPSA) is 76.7 Å². The molecule has 0 fully saturated rings. The molecule has 2 amide bonds. The van der Waals surface area contributed by atoms with Crippen molar-refractivity contribution in [3.05, 3.63) is 59.7 Å². The van der Waals surface area contributed by atoms with Crippen LogP contribution in [0.1, 0.15) is 56.5 Å². The van der Waals surface area contributed by atoms with Gasteiger partial charge in [-0.1, -0.05) is 39.8 Å². The number of nitrogens with one attached hydrogen (secondary N) is 2. The molecule has 1 unspecified atom stereocenters. The quantitative estimate of drug-likeness (QED) is 0.657. The summed E-state index contributed by atoms with van der Waals surface area (Å²) in [7, 11) is 0. The van der Waals surface area contributed by atoms with Gasteiger partial charge in [-0.25, -0.2) is 0 Å². The van der Waals surface area contributed by atoms with Crippen molar-refractivity contribution < 1.29 is 19.1 Å². The summed E-state index contributed by atoms with van der Waals surface area (Å²) in [6, 6.07) is 14.4. The van der Waals surface area contributed by atoms with Crippen molar-refractivity contribution in [3.8, 4) is 11.5 Å². The normalized spacial score (nSPS) is 11.8. The molecule has 2 N–H and O–H groups in total. The first-order chi connectivity index (χ1) is 13.8. The molecule has 0 heterocycles. The van der Waals surface area contributed by atoms with E-state index >= 15 is 0 Å². The van der Waals surface area contributed by atoms with Gasteiger partial charge in [-0.15, -0.1) is 0 Å². The Kier molecular flexibility index (Phi) is 8.07. The number of hydrogen-bond acceptors (Lipinski definition) is 4. The van der Waals surface area contributed by atoms with Crippen molar-refractivity contribution in [1.29, 1.82) is 0 Å². The second-order valence-corrected chi connectivity index (χ2v) is 7.66. The Morgan fingerprint density at radius 2 is 1.41 bits per heavy atom. The van der Waals surface area contributed by atoms with Crippen LogP contribution < -0.4 is 20.3 Å². The third-order valence-corrected chi connectivity index (χ3v) is 4.23. The van der Waals surface area contributed by atoms with Crippen molar-refractivity contribution in [3.63, 3.8) is 0 Å². The standard InChI is InChI=1S/C23H30N2O4/c1-15(2)14-28-20-10-8-19(9-11-20)23(27)25-24-22(26)17(5)29-21-12-6-18(7-13-21)16(3)4/h6-13,15-17H,14H2,1-5H3,(H,24,26)(H,25,27). The first-order valence-electron chi connectivity index (χ1n) is 9.86. The first kappa shape index (κ1) is 22.3. The fourth-order valence-corrected chi connectivity index (χ4v) is 2.45. The highest BCUT2D eigenvalue weighted by Crippen LogP contribution is 2.19. The number of hydrogen-bond donors (Lipinski definition) is 2. The van der Waals surface area contributed by atoms with Crippen molar-refractivity contribution in [2.75, 3.05) is 6.61 Å². The highest BCUT2D eigenvalue weighted by atomic mass is 16.5. The maximum absolute atomic E-state index is 12.2. The predicted octanol–water partition coefficient (Wildman–Crippen LogP) is 4.07. The number of ether oxygens (including phenoxy) is 2. The van der Waals surface area contributed by atoms with Gasteiger partial charge >= 0.3 is 0 Å². The average molecular weight is 399 g/mol. The van der Waals surface area contributed by atoms with Gasteiger partial charge in [0.1, 0.15) is 11.5 Å². The van der Waals surface area contributed by atoms with Crippen LogP contribution in [0.3, 0.4) is 0 Å². The minimum atomic E-state index is -0.757. The molecular weight excluding hydrogens is 368 g/mol. The summed E-state index contributed by atoms with van der Waals surface area (Å²) in [6.45, 7) is 10.6. The number of carbonyl (C=O) groups excluding carboxylic acids is 2. The molecule has 6 nitrogen and oxygen atoms in total. The highest BCUT2D eigenvalue weighted by Gasteiger charge is 2.16. The molecule has 0 saturated heterocycles. The fourth-order valence-electron chi connectivity index (χ4n) is 2.45. The Labute approximate surface area is 172 Å². The van der Waals surface area contributed by atoms with Crippen molar-refractivity contribution >= 4 is 11.8 Å². The smallest absolute Gasteiger partial charge is 0.279 e. The molecular formula is C23H30N2O4. The molecule has 0 aliphatic carbocycles. The lowest BCUT2D eigenvalue weighted by Gasteiger charge is -2.16. The summed E-state index contributed by atoms with van der Waals surface area (Å²) >= 11 is 0. The van der Waals surface area contributed by atoms with Crippen LogP contribution in [0, 0.1) is 5.92 Å². The average Bonchev–Trinajstić information content (AvgIpc) is 2.70. The molecule has 0 radical (unpaired) electrons. The lowest BCUT2D eigenvalue weighted by Crippen LogP contribution is -2.47. The predicted molar refractivity (Wildman–Crippen MR) is 113 cm³/mol. The Morgan fingerprint density at radius 1 is 0.828 bits per heavy atom. The van der Waals surface area contributed by atoms with Crippen LogP contribution in [0.15, 0.2) is 48.5 Å². The molecule has 2 aromatic carbocycles. The Balaban J connectivity index is 1.81. The zero-order valence-corrected chi connectivity index (χ0v) is 17.7. The van der Waals surface area contributed by atoms with Crippen LogP contribution in [-0.2, 0) is 4.79 Å². The molecule has 29 heavy (non-hydrogen) atoms. The molecule has 0 spiro atoms. The van der Waals surface area contributed by atoms with E-state index in [9.17, 15) is 9.59 Å². The Bertz CT molecular complexity index is 799. The Hall–Kier alpha value is -3.02. The van der Waals surface area contributed by atoms with E-state index in [0.717, 1.165) is 0 Å². The number of benzene rings is 2. The minimum Gasteiger partial charge on any atom is -0.493 e. The fraction of sp³-hybridized carbons (Fsp3) is 0.391. The molecule has 0 aromatic heterocycles. The summed E-state index contributed by atoms with van der Waals surface area (Å²) < 4.78 is 11.2. The first-order valence-corrected chi connectivity index (χ1v) is 9.86. The van der Waals surface area contributed by atoms with Crippen molar-refractivity contribution in [2.24, 2.45) is 5.92 Å². The second kappa shape index (κ2) is 10.5. The van der Waals surface area contributed by atoms with Gasteiger partial charge in [0.25, 0.3) is 11.8 Å². The van der Waals surface area contributed by atoms with E-state index in [4.69, 9.17) is 9.47 Å². The summed E-state index contributed by atoms with van der Waals surface area (Å²) in [6.07, 6.45) is -0.757. The molecule has 2 rings (SSSR count). The number of hydrazine groups is 1. The molecule has 2 aromatic rings. The highest BCUT2D eigenvalue weighted by molar-refractivity contribution is 5.95. The van der Waals surface area contributed by atoms with Crippen LogP contribution in [0.4, 0.5) is 0 Å². The van der Waals surface area contributed by atoms with Gasteiger partial charge in [0.2, 0.25) is 0 Å². The van der Waals surface area contributed by atoms with E-state index in [-0.39, 0.29) is 0 Å². The van der Waals surface area contributed by atoms with E-state index in [0.29, 0.717) is 35.5 Å². The lowest BCUT2D eigenvalue weighted by molar-refractivity contribution is -0.128. The molecule has 1 atom stereocenters. The summed E-state index contributed by atoms with van der Waals surface area (Å²) in [4.78, 5) is 24.4. The zero-order valence-electron chi connectivity index (χ0n) is 17.7. The monoisotopic (exact) mass is 398 g/mol. The van der Waals surface area contributed by atoms with Crippen LogP contribution in [0.5, 0.6) is 11.5 Å². The van der Waals surface area contributed by atoms with Gasteiger partial charge in [0, 0.05) is 5.56 Å². The third-order valence-electron chi connectivity index (χ3n) is 4.23. The molecule has 6 heteroatoms. The van der Waals surface area contributed by atoms with E-state index in [1.807, 2.05) is 24.3 Å². The lowest BCUT2D eigenvalue weighted by atomic mass is 10.0.